The monoisotopic (exact) mass is 466 g/mol. The molecule has 32 heavy (non-hydrogen) atoms. The van der Waals surface area contributed by atoms with Crippen LogP contribution >= 0.6 is 23.1 Å². The number of oxazole rings is 1. The minimum atomic E-state index is -0.837. The average molecular weight is 467 g/mol. The number of carboxylic acid groups (broad SMARTS) is 1. The van der Waals surface area contributed by atoms with Gasteiger partial charge in [-0.15, -0.1) is 11.3 Å². The maximum atomic E-state index is 11.0. The molecule has 1 N–H and O–H groups in total. The van der Waals surface area contributed by atoms with Gasteiger partial charge in [-0.25, -0.2) is 9.97 Å². The topological polar surface area (TPSA) is 85.5 Å². The molecule has 2 aromatic carbocycles. The largest absolute Gasteiger partial charge is 0.487 e. The quantitative estimate of drug-likeness (QED) is 0.307. The van der Waals surface area contributed by atoms with Gasteiger partial charge in [0.05, 0.1) is 12.1 Å². The van der Waals surface area contributed by atoms with Crippen molar-refractivity contribution in [2.24, 2.45) is 0 Å². The van der Waals surface area contributed by atoms with Gasteiger partial charge >= 0.3 is 5.97 Å². The highest BCUT2D eigenvalue weighted by molar-refractivity contribution is 8.00. The lowest BCUT2D eigenvalue weighted by molar-refractivity contribution is -0.136. The second kappa shape index (κ2) is 10.0. The van der Waals surface area contributed by atoms with Gasteiger partial charge in [-0.1, -0.05) is 42.1 Å². The first-order valence-corrected chi connectivity index (χ1v) is 11.8. The van der Waals surface area contributed by atoms with Crippen LogP contribution in [0.4, 0.5) is 0 Å². The summed E-state index contributed by atoms with van der Waals surface area (Å²) in [5, 5.41) is 9.00. The Morgan fingerprint density at radius 1 is 1.12 bits per heavy atom. The molecule has 0 aliphatic rings. The molecule has 0 saturated carbocycles. The van der Waals surface area contributed by atoms with Crippen molar-refractivity contribution < 1.29 is 19.1 Å². The first kappa shape index (κ1) is 22.1. The van der Waals surface area contributed by atoms with E-state index in [0.29, 0.717) is 12.5 Å². The molecular weight excluding hydrogens is 444 g/mol. The summed E-state index contributed by atoms with van der Waals surface area (Å²) < 4.78 is 12.6. The first-order valence-electron chi connectivity index (χ1n) is 10.0. The number of ether oxygens (including phenoxy) is 1. The number of thiazole rings is 1. The van der Waals surface area contributed by atoms with E-state index in [1.165, 1.54) is 11.3 Å². The van der Waals surface area contributed by atoms with Gasteiger partial charge in [0.15, 0.2) is 4.34 Å². The molecule has 0 spiro atoms. The van der Waals surface area contributed by atoms with E-state index in [-0.39, 0.29) is 6.42 Å². The SMILES string of the molecule is Cc1nc(SCc2cccc(OCc3nc(-c4ccccc4)oc3C)c2)sc1CC(=O)O. The van der Waals surface area contributed by atoms with Crippen LogP contribution in [0.15, 0.2) is 63.4 Å². The van der Waals surface area contributed by atoms with E-state index in [0.717, 1.165) is 49.0 Å². The van der Waals surface area contributed by atoms with Crippen molar-refractivity contribution in [3.8, 4) is 17.2 Å². The third kappa shape index (κ3) is 5.57. The van der Waals surface area contributed by atoms with Crippen molar-refractivity contribution in [1.82, 2.24) is 9.97 Å². The summed E-state index contributed by atoms with van der Waals surface area (Å²) in [6, 6.07) is 17.7. The van der Waals surface area contributed by atoms with Crippen LogP contribution in [0.25, 0.3) is 11.5 Å². The molecule has 6 nitrogen and oxygen atoms in total. The number of aliphatic carboxylic acids is 1. The third-order valence-electron chi connectivity index (χ3n) is 4.73. The number of nitrogens with zero attached hydrogens (tertiary/aromatic N) is 2. The third-order valence-corrected chi connectivity index (χ3v) is 7.11. The molecular formula is C24H22N2O4S2. The van der Waals surface area contributed by atoms with E-state index in [2.05, 4.69) is 9.97 Å². The molecule has 0 amide bonds. The number of carbonyl (C=O) groups is 1. The highest BCUT2D eigenvalue weighted by Gasteiger charge is 2.13. The fourth-order valence-corrected chi connectivity index (χ4v) is 5.22. The lowest BCUT2D eigenvalue weighted by atomic mass is 10.2. The molecule has 4 rings (SSSR count). The molecule has 164 valence electrons. The Hall–Kier alpha value is -3.10. The average Bonchev–Trinajstić information content (AvgIpc) is 3.33. The van der Waals surface area contributed by atoms with Gasteiger partial charge in [0.2, 0.25) is 5.89 Å². The van der Waals surface area contributed by atoms with Crippen molar-refractivity contribution in [3.63, 3.8) is 0 Å². The number of hydrogen-bond acceptors (Lipinski definition) is 7. The predicted octanol–water partition coefficient (Wildman–Crippen LogP) is 5.91. The van der Waals surface area contributed by atoms with Crippen LogP contribution in [0, 0.1) is 13.8 Å². The van der Waals surface area contributed by atoms with Crippen LogP contribution in [-0.2, 0) is 23.6 Å². The van der Waals surface area contributed by atoms with Crippen LogP contribution in [0.3, 0.4) is 0 Å². The second-order valence-corrected chi connectivity index (χ2v) is 9.48. The maximum absolute atomic E-state index is 11.0. The molecule has 2 heterocycles. The van der Waals surface area contributed by atoms with Crippen LogP contribution in [-0.4, -0.2) is 21.0 Å². The van der Waals surface area contributed by atoms with Crippen molar-refractivity contribution >= 4 is 29.1 Å². The van der Waals surface area contributed by atoms with Crippen molar-refractivity contribution in [3.05, 3.63) is 82.2 Å². The Balaban J connectivity index is 1.37. The zero-order valence-corrected chi connectivity index (χ0v) is 19.3. The van der Waals surface area contributed by atoms with E-state index in [1.54, 1.807) is 11.8 Å². The number of thioether (sulfide) groups is 1. The number of hydrogen-bond donors (Lipinski definition) is 1. The van der Waals surface area contributed by atoms with E-state index < -0.39 is 5.97 Å². The van der Waals surface area contributed by atoms with Gasteiger partial charge in [0.1, 0.15) is 23.8 Å². The Morgan fingerprint density at radius 3 is 2.72 bits per heavy atom. The van der Waals surface area contributed by atoms with Crippen LogP contribution in [0.5, 0.6) is 5.75 Å². The Kier molecular flexibility index (Phi) is 6.92. The Bertz CT molecular complexity index is 1220. The van der Waals surface area contributed by atoms with Crippen LogP contribution in [0.2, 0.25) is 0 Å². The van der Waals surface area contributed by atoms with Crippen LogP contribution in [0.1, 0.15) is 27.6 Å². The zero-order chi connectivity index (χ0) is 22.5. The van der Waals surface area contributed by atoms with Gasteiger partial charge in [0.25, 0.3) is 0 Å². The Labute approximate surface area is 194 Å². The molecule has 8 heteroatoms. The van der Waals surface area contributed by atoms with Gasteiger partial charge in [-0.3, -0.25) is 4.79 Å². The summed E-state index contributed by atoms with van der Waals surface area (Å²) in [6.07, 6.45) is 0.0147. The summed E-state index contributed by atoms with van der Waals surface area (Å²) in [6.45, 7) is 4.06. The van der Waals surface area contributed by atoms with E-state index in [9.17, 15) is 4.79 Å². The standard InChI is InChI=1S/C24H22N2O4S2/c1-15-21(12-22(27)28)32-24(25-15)31-14-17-7-6-10-19(11-17)29-13-20-16(2)30-23(26-20)18-8-4-3-5-9-18/h3-11H,12-14H2,1-2H3,(H,27,28). The van der Waals surface area contributed by atoms with E-state index in [1.807, 2.05) is 68.4 Å². The molecule has 0 aliphatic heterocycles. The smallest absolute Gasteiger partial charge is 0.308 e. The molecule has 0 unspecified atom stereocenters. The molecule has 0 saturated heterocycles. The van der Waals surface area contributed by atoms with Gasteiger partial charge in [0, 0.05) is 16.2 Å². The molecule has 0 fully saturated rings. The van der Waals surface area contributed by atoms with E-state index in [4.69, 9.17) is 14.3 Å². The van der Waals surface area contributed by atoms with Crippen LogP contribution < -0.4 is 4.74 Å². The van der Waals surface area contributed by atoms with Gasteiger partial charge in [-0.05, 0) is 43.7 Å². The lowest BCUT2D eigenvalue weighted by Gasteiger charge is -2.06. The number of carboxylic acids is 1. The zero-order valence-electron chi connectivity index (χ0n) is 17.7. The number of aromatic nitrogens is 2. The molecule has 4 aromatic rings. The van der Waals surface area contributed by atoms with Gasteiger partial charge in [-0.2, -0.15) is 0 Å². The summed E-state index contributed by atoms with van der Waals surface area (Å²) in [5.41, 5.74) is 3.59. The summed E-state index contributed by atoms with van der Waals surface area (Å²) in [5.74, 6) is 1.97. The fourth-order valence-electron chi connectivity index (χ4n) is 3.05. The number of benzene rings is 2. The molecule has 0 radical (unpaired) electrons. The van der Waals surface area contributed by atoms with Crippen molar-refractivity contribution in [2.45, 2.75) is 37.0 Å². The maximum Gasteiger partial charge on any atom is 0.308 e. The summed E-state index contributed by atoms with van der Waals surface area (Å²) >= 11 is 3.04. The highest BCUT2D eigenvalue weighted by Crippen LogP contribution is 2.31. The minimum Gasteiger partial charge on any atom is -0.487 e. The lowest BCUT2D eigenvalue weighted by Crippen LogP contribution is -1.99. The number of rotatable bonds is 9. The summed E-state index contributed by atoms with van der Waals surface area (Å²) in [7, 11) is 0. The summed E-state index contributed by atoms with van der Waals surface area (Å²) in [4.78, 5) is 20.8. The normalized spacial score (nSPS) is 10.9. The molecule has 0 aliphatic carbocycles. The molecule has 2 aromatic heterocycles. The predicted molar refractivity (Wildman–Crippen MR) is 125 cm³/mol. The fraction of sp³-hybridized carbons (Fsp3) is 0.208. The van der Waals surface area contributed by atoms with Gasteiger partial charge < -0.3 is 14.3 Å². The molecule has 0 bridgehead atoms. The Morgan fingerprint density at radius 2 is 1.94 bits per heavy atom. The van der Waals surface area contributed by atoms with Crippen molar-refractivity contribution in [1.29, 1.82) is 0 Å². The van der Waals surface area contributed by atoms with Crippen molar-refractivity contribution in [2.75, 3.05) is 0 Å². The van der Waals surface area contributed by atoms with E-state index >= 15 is 0 Å². The molecule has 0 atom stereocenters. The number of aryl methyl sites for hydroxylation is 2. The highest BCUT2D eigenvalue weighted by atomic mass is 32.2. The second-order valence-electron chi connectivity index (χ2n) is 7.17. The first-order chi connectivity index (χ1) is 15.5. The minimum absolute atomic E-state index is 0.0147.